The van der Waals surface area contributed by atoms with Gasteiger partial charge < -0.3 is 10.2 Å². The maximum Gasteiger partial charge on any atom is 0.295 e. The average molecular weight is 290 g/mol. The first-order chi connectivity index (χ1) is 9.85. The zero-order valence-corrected chi connectivity index (χ0v) is 13.0. The van der Waals surface area contributed by atoms with Crippen molar-refractivity contribution in [2.24, 2.45) is 0 Å². The Hall–Kier alpha value is -2.17. The minimum Gasteiger partial charge on any atom is -0.352 e. The number of nitrogens with zero attached hydrogens (tertiary/aromatic N) is 1. The monoisotopic (exact) mass is 290 g/mol. The lowest BCUT2D eigenvalue weighted by Gasteiger charge is -2.20. The van der Waals surface area contributed by atoms with Gasteiger partial charge in [-0.25, -0.2) is 0 Å². The smallest absolute Gasteiger partial charge is 0.295 e. The number of carbonyl (C=O) groups excluding carboxylic acids is 3. The molecular formula is C16H22N2O3. The number of Topliss-reactive ketones (excluding diaryl/α,β-unsaturated/α-hetero) is 1. The lowest BCUT2D eigenvalue weighted by molar-refractivity contribution is -0.132. The van der Waals surface area contributed by atoms with E-state index in [9.17, 15) is 14.4 Å². The van der Waals surface area contributed by atoms with E-state index in [4.69, 9.17) is 0 Å². The van der Waals surface area contributed by atoms with Crippen LogP contribution in [-0.4, -0.2) is 41.6 Å². The number of hydrogen-bond donors (Lipinski definition) is 1. The van der Waals surface area contributed by atoms with E-state index in [0.29, 0.717) is 12.1 Å². The molecule has 0 fully saturated rings. The van der Waals surface area contributed by atoms with Gasteiger partial charge in [-0.2, -0.15) is 0 Å². The Balaban J connectivity index is 2.76. The zero-order valence-electron chi connectivity index (χ0n) is 13.0. The molecule has 0 aromatic heterocycles. The van der Waals surface area contributed by atoms with Gasteiger partial charge in [0.25, 0.3) is 5.91 Å². The fraction of sp³-hybridized carbons (Fsp3) is 0.438. The van der Waals surface area contributed by atoms with Gasteiger partial charge in [0.05, 0.1) is 6.54 Å². The second-order valence-electron chi connectivity index (χ2n) is 5.24. The molecule has 1 N–H and O–H groups in total. The molecule has 0 radical (unpaired) electrons. The van der Waals surface area contributed by atoms with Gasteiger partial charge in [0, 0.05) is 18.2 Å². The van der Waals surface area contributed by atoms with Gasteiger partial charge in [-0.1, -0.05) is 29.8 Å². The first kappa shape index (κ1) is 16.9. The predicted molar refractivity (Wildman–Crippen MR) is 81.0 cm³/mol. The van der Waals surface area contributed by atoms with Gasteiger partial charge in [0.2, 0.25) is 11.7 Å². The lowest BCUT2D eigenvalue weighted by Crippen LogP contribution is -2.45. The highest BCUT2D eigenvalue weighted by molar-refractivity contribution is 6.42. The van der Waals surface area contributed by atoms with Crippen molar-refractivity contribution in [2.75, 3.05) is 13.1 Å². The molecule has 0 saturated carbocycles. The van der Waals surface area contributed by atoms with Gasteiger partial charge in [-0.15, -0.1) is 0 Å². The van der Waals surface area contributed by atoms with Crippen molar-refractivity contribution in [3.05, 3.63) is 35.4 Å². The van der Waals surface area contributed by atoms with Crippen molar-refractivity contribution in [2.45, 2.75) is 33.7 Å². The maximum absolute atomic E-state index is 12.2. The summed E-state index contributed by atoms with van der Waals surface area (Å²) in [5, 5.41) is 2.70. The van der Waals surface area contributed by atoms with Crippen LogP contribution in [0.2, 0.25) is 0 Å². The first-order valence-corrected chi connectivity index (χ1v) is 7.04. The van der Waals surface area contributed by atoms with Crippen molar-refractivity contribution in [1.82, 2.24) is 10.2 Å². The number of carbonyl (C=O) groups is 3. The Kier molecular flexibility index (Phi) is 6.09. The van der Waals surface area contributed by atoms with E-state index in [0.717, 1.165) is 5.56 Å². The molecule has 1 aromatic rings. The molecule has 0 unspecified atom stereocenters. The molecule has 0 heterocycles. The lowest BCUT2D eigenvalue weighted by atomic mass is 10.1. The van der Waals surface area contributed by atoms with Crippen LogP contribution in [0, 0.1) is 6.92 Å². The molecule has 0 atom stereocenters. The minimum absolute atomic E-state index is 0.000826. The van der Waals surface area contributed by atoms with E-state index >= 15 is 0 Å². The van der Waals surface area contributed by atoms with Crippen molar-refractivity contribution in [1.29, 1.82) is 0 Å². The molecule has 0 saturated heterocycles. The van der Waals surface area contributed by atoms with Crippen molar-refractivity contribution in [3.8, 4) is 0 Å². The molecule has 5 nitrogen and oxygen atoms in total. The summed E-state index contributed by atoms with van der Waals surface area (Å²) in [4.78, 5) is 37.3. The molecule has 5 heteroatoms. The molecule has 0 aliphatic rings. The molecule has 0 bridgehead atoms. The van der Waals surface area contributed by atoms with Gasteiger partial charge in [-0.05, 0) is 27.7 Å². The summed E-state index contributed by atoms with van der Waals surface area (Å²) in [7, 11) is 0. The Morgan fingerprint density at radius 2 is 1.71 bits per heavy atom. The third-order valence-electron chi connectivity index (χ3n) is 2.96. The SMILES string of the molecule is CCN(CC(=O)NC(C)C)C(=O)C(=O)c1ccc(C)cc1. The zero-order chi connectivity index (χ0) is 16.0. The van der Waals surface area contributed by atoms with Crippen LogP contribution in [0.1, 0.15) is 36.7 Å². The van der Waals surface area contributed by atoms with Crippen LogP contribution in [0.5, 0.6) is 0 Å². The minimum atomic E-state index is -0.653. The number of rotatable bonds is 6. The summed E-state index contributed by atoms with van der Waals surface area (Å²) in [5.74, 6) is -1.51. The second-order valence-corrected chi connectivity index (χ2v) is 5.24. The standard InChI is InChI=1S/C16H22N2O3/c1-5-18(10-14(19)17-11(2)3)16(21)15(20)13-8-6-12(4)7-9-13/h6-9,11H,5,10H2,1-4H3,(H,17,19). The summed E-state index contributed by atoms with van der Waals surface area (Å²) in [6, 6.07) is 6.80. The molecule has 2 amide bonds. The highest BCUT2D eigenvalue weighted by Crippen LogP contribution is 2.06. The highest BCUT2D eigenvalue weighted by atomic mass is 16.2. The molecule has 1 rings (SSSR count). The van der Waals surface area contributed by atoms with E-state index in [2.05, 4.69) is 5.32 Å². The van der Waals surface area contributed by atoms with E-state index in [1.807, 2.05) is 20.8 Å². The molecule has 21 heavy (non-hydrogen) atoms. The topological polar surface area (TPSA) is 66.5 Å². The van der Waals surface area contributed by atoms with Crippen molar-refractivity contribution < 1.29 is 14.4 Å². The number of amides is 2. The fourth-order valence-electron chi connectivity index (χ4n) is 1.84. The van der Waals surface area contributed by atoms with E-state index in [1.165, 1.54) is 4.90 Å². The van der Waals surface area contributed by atoms with Crippen LogP contribution in [0.25, 0.3) is 0 Å². The van der Waals surface area contributed by atoms with Gasteiger partial charge in [0.1, 0.15) is 0 Å². The largest absolute Gasteiger partial charge is 0.352 e. The van der Waals surface area contributed by atoms with Crippen LogP contribution in [-0.2, 0) is 9.59 Å². The van der Waals surface area contributed by atoms with Gasteiger partial charge in [0.15, 0.2) is 0 Å². The van der Waals surface area contributed by atoms with Gasteiger partial charge in [-0.3, -0.25) is 14.4 Å². The molecular weight excluding hydrogens is 268 g/mol. The van der Waals surface area contributed by atoms with Gasteiger partial charge >= 0.3 is 0 Å². The van der Waals surface area contributed by atoms with Crippen LogP contribution < -0.4 is 5.32 Å². The molecule has 0 aliphatic heterocycles. The third kappa shape index (κ3) is 5.02. The number of benzene rings is 1. The first-order valence-electron chi connectivity index (χ1n) is 7.04. The Labute approximate surface area is 125 Å². The maximum atomic E-state index is 12.2. The number of ketones is 1. The summed E-state index contributed by atoms with van der Waals surface area (Å²) in [5.41, 5.74) is 1.36. The van der Waals surface area contributed by atoms with Crippen LogP contribution in [0.3, 0.4) is 0 Å². The Morgan fingerprint density at radius 3 is 2.19 bits per heavy atom. The second kappa shape index (κ2) is 7.57. The number of likely N-dealkylation sites (N-methyl/N-ethyl adjacent to an activating group) is 1. The third-order valence-corrected chi connectivity index (χ3v) is 2.96. The molecule has 114 valence electrons. The van der Waals surface area contributed by atoms with E-state index in [-0.39, 0.29) is 18.5 Å². The number of hydrogen-bond acceptors (Lipinski definition) is 3. The van der Waals surface area contributed by atoms with E-state index < -0.39 is 11.7 Å². The summed E-state index contributed by atoms with van der Waals surface area (Å²) < 4.78 is 0. The number of nitrogens with one attached hydrogen (secondary N) is 1. The normalized spacial score (nSPS) is 10.3. The number of aryl methyl sites for hydroxylation is 1. The quantitative estimate of drug-likeness (QED) is 0.638. The molecule has 0 aliphatic carbocycles. The Morgan fingerprint density at radius 1 is 1.14 bits per heavy atom. The summed E-state index contributed by atoms with van der Waals surface area (Å²) in [6.07, 6.45) is 0. The van der Waals surface area contributed by atoms with Crippen LogP contribution in [0.15, 0.2) is 24.3 Å². The Bertz CT molecular complexity index is 521. The molecule has 1 aromatic carbocycles. The van der Waals surface area contributed by atoms with Crippen LogP contribution in [0.4, 0.5) is 0 Å². The van der Waals surface area contributed by atoms with Crippen LogP contribution >= 0.6 is 0 Å². The molecule has 0 spiro atoms. The summed E-state index contributed by atoms with van der Waals surface area (Å²) >= 11 is 0. The average Bonchev–Trinajstić information content (AvgIpc) is 2.43. The van der Waals surface area contributed by atoms with E-state index in [1.54, 1.807) is 31.2 Å². The van der Waals surface area contributed by atoms with Crippen molar-refractivity contribution in [3.63, 3.8) is 0 Å². The predicted octanol–water partition coefficient (Wildman–Crippen LogP) is 1.55. The summed E-state index contributed by atoms with van der Waals surface area (Å²) in [6.45, 7) is 7.53. The highest BCUT2D eigenvalue weighted by Gasteiger charge is 2.23. The van der Waals surface area contributed by atoms with Crippen molar-refractivity contribution >= 4 is 17.6 Å². The fourth-order valence-corrected chi connectivity index (χ4v) is 1.84.